The summed E-state index contributed by atoms with van der Waals surface area (Å²) in [5, 5.41) is 10.3. The van der Waals surface area contributed by atoms with E-state index < -0.39 is 0 Å². The van der Waals surface area contributed by atoms with Crippen molar-refractivity contribution in [3.05, 3.63) is 30.3 Å². The predicted molar refractivity (Wildman–Crippen MR) is 73.0 cm³/mol. The van der Waals surface area contributed by atoms with Gasteiger partial charge in [-0.15, -0.1) is 21.5 Å². The fourth-order valence-electron chi connectivity index (χ4n) is 1.16. The summed E-state index contributed by atoms with van der Waals surface area (Å²) in [7, 11) is 0. The average Bonchev–Trinajstić information content (AvgIpc) is 2.88. The molecule has 0 fully saturated rings. The number of thiophene rings is 1. The third-order valence-corrected chi connectivity index (χ3v) is 4.58. The van der Waals surface area contributed by atoms with Crippen molar-refractivity contribution in [2.45, 2.75) is 6.42 Å². The normalized spacial score (nSPS) is 10.5. The molecule has 8 heteroatoms. The third-order valence-electron chi connectivity index (χ3n) is 1.88. The van der Waals surface area contributed by atoms with Crippen LogP contribution in [0.15, 0.2) is 15.9 Å². The van der Waals surface area contributed by atoms with Crippen molar-refractivity contribution in [2.75, 3.05) is 6.54 Å². The molecule has 0 aliphatic carbocycles. The Hall–Kier alpha value is -0.500. The summed E-state index contributed by atoms with van der Waals surface area (Å²) in [5.41, 5.74) is 0. The molecule has 2 aromatic heterocycles. The number of carbonyl (C=O) groups excluding carboxylic acids is 1. The molecule has 0 aliphatic rings. The Bertz CT molecular complexity index is 528. The number of hydrogen-bond donors (Lipinski definition) is 1. The highest BCUT2D eigenvalue weighted by Gasteiger charge is 2.11. The van der Waals surface area contributed by atoms with Crippen LogP contribution in [0.1, 0.15) is 14.7 Å². The van der Waals surface area contributed by atoms with Gasteiger partial charge < -0.3 is 5.32 Å². The number of halogens is 2. The van der Waals surface area contributed by atoms with Crippen molar-refractivity contribution in [1.29, 1.82) is 0 Å². The van der Waals surface area contributed by atoms with Crippen LogP contribution in [0, 0.1) is 0 Å². The Labute approximate surface area is 119 Å². The zero-order chi connectivity index (χ0) is 12.3. The number of hydrogen-bond acceptors (Lipinski definition) is 5. The molecule has 1 N–H and O–H groups in total. The summed E-state index contributed by atoms with van der Waals surface area (Å²) in [5.74, 6) is -0.231. The van der Waals surface area contributed by atoms with Crippen LogP contribution >= 0.6 is 50.2 Å². The molecule has 0 unspecified atom stereocenters. The fraction of sp³-hybridized carbons (Fsp3) is 0.222. The van der Waals surface area contributed by atoms with Crippen LogP contribution in [-0.4, -0.2) is 22.6 Å². The van der Waals surface area contributed by atoms with Gasteiger partial charge in [-0.2, -0.15) is 0 Å². The van der Waals surface area contributed by atoms with Crippen molar-refractivity contribution in [2.24, 2.45) is 0 Å². The van der Waals surface area contributed by atoms with E-state index in [1.807, 2.05) is 12.1 Å². The number of nitrogens with one attached hydrogen (secondary N) is 1. The van der Waals surface area contributed by atoms with Crippen LogP contribution in [0.5, 0.6) is 0 Å². The molecule has 0 bridgehead atoms. The van der Waals surface area contributed by atoms with Gasteiger partial charge in [0.05, 0.1) is 3.79 Å². The maximum atomic E-state index is 11.6. The van der Waals surface area contributed by atoms with Crippen LogP contribution in [0.25, 0.3) is 0 Å². The zero-order valence-electron chi connectivity index (χ0n) is 8.44. The van der Waals surface area contributed by atoms with E-state index in [-0.39, 0.29) is 10.4 Å². The first-order valence-electron chi connectivity index (χ1n) is 4.66. The Morgan fingerprint density at radius 1 is 1.41 bits per heavy atom. The molecule has 4 nitrogen and oxygen atoms in total. The van der Waals surface area contributed by atoms with Gasteiger partial charge in [-0.1, -0.05) is 11.3 Å². The number of aromatic nitrogens is 2. The van der Waals surface area contributed by atoms with Gasteiger partial charge in [0.1, 0.15) is 0 Å². The SMILES string of the molecule is O=C(NCCc1ccc(Br)s1)c1nnc(Cl)s1. The maximum absolute atomic E-state index is 11.6. The summed E-state index contributed by atoms with van der Waals surface area (Å²) in [4.78, 5) is 12.8. The van der Waals surface area contributed by atoms with Crippen LogP contribution in [0.3, 0.4) is 0 Å². The highest BCUT2D eigenvalue weighted by molar-refractivity contribution is 9.11. The van der Waals surface area contributed by atoms with E-state index in [1.165, 1.54) is 4.88 Å². The van der Waals surface area contributed by atoms with E-state index in [2.05, 4.69) is 31.4 Å². The number of rotatable bonds is 4. The van der Waals surface area contributed by atoms with Crippen molar-refractivity contribution in [1.82, 2.24) is 15.5 Å². The van der Waals surface area contributed by atoms with Gasteiger partial charge >= 0.3 is 0 Å². The fourth-order valence-corrected chi connectivity index (χ4v) is 3.39. The minimum absolute atomic E-state index is 0.231. The molecule has 90 valence electrons. The third kappa shape index (κ3) is 3.74. The summed E-state index contributed by atoms with van der Waals surface area (Å²) in [6, 6.07) is 4.02. The summed E-state index contributed by atoms with van der Waals surface area (Å²) in [6.07, 6.45) is 0.800. The molecule has 0 aromatic carbocycles. The van der Waals surface area contributed by atoms with E-state index in [9.17, 15) is 4.79 Å². The number of amides is 1. The molecule has 17 heavy (non-hydrogen) atoms. The Morgan fingerprint density at radius 2 is 2.24 bits per heavy atom. The summed E-state index contributed by atoms with van der Waals surface area (Å²) >= 11 is 11.7. The van der Waals surface area contributed by atoms with Gasteiger partial charge in [-0.25, -0.2) is 0 Å². The van der Waals surface area contributed by atoms with Gasteiger partial charge in [0.25, 0.3) is 5.91 Å². The molecule has 0 radical (unpaired) electrons. The number of nitrogens with zero attached hydrogens (tertiary/aromatic N) is 2. The van der Waals surface area contributed by atoms with E-state index in [0.29, 0.717) is 11.6 Å². The van der Waals surface area contributed by atoms with Gasteiger partial charge in [0.2, 0.25) is 9.47 Å². The topological polar surface area (TPSA) is 54.9 Å². The first-order chi connectivity index (χ1) is 8.15. The van der Waals surface area contributed by atoms with Crippen LogP contribution in [-0.2, 0) is 6.42 Å². The molecular weight excluding hydrogens is 346 g/mol. The zero-order valence-corrected chi connectivity index (χ0v) is 12.4. The van der Waals surface area contributed by atoms with E-state index >= 15 is 0 Å². The molecule has 1 amide bonds. The second kappa shape index (κ2) is 5.90. The van der Waals surface area contributed by atoms with Gasteiger partial charge in [0, 0.05) is 11.4 Å². The standard InChI is InChI=1S/C9H7BrClN3OS2/c10-6-2-1-5(16-6)3-4-12-7(15)8-13-14-9(11)17-8/h1-2H,3-4H2,(H,12,15). The first kappa shape index (κ1) is 12.9. The second-order valence-electron chi connectivity index (χ2n) is 3.07. The molecule has 0 saturated heterocycles. The Balaban J connectivity index is 1.81. The second-order valence-corrected chi connectivity index (χ2v) is 7.18. The van der Waals surface area contributed by atoms with Crippen molar-refractivity contribution >= 4 is 56.1 Å². The van der Waals surface area contributed by atoms with Gasteiger partial charge in [-0.3, -0.25) is 4.79 Å². The smallest absolute Gasteiger partial charge is 0.282 e. The molecule has 2 heterocycles. The van der Waals surface area contributed by atoms with Gasteiger partial charge in [0.15, 0.2) is 0 Å². The summed E-state index contributed by atoms with van der Waals surface area (Å²) < 4.78 is 1.37. The van der Waals surface area contributed by atoms with Crippen molar-refractivity contribution < 1.29 is 4.79 Å². The Kier molecular flexibility index (Phi) is 4.49. The highest BCUT2D eigenvalue weighted by Crippen LogP contribution is 2.22. The maximum Gasteiger partial charge on any atom is 0.282 e. The lowest BCUT2D eigenvalue weighted by Gasteiger charge is -2.00. The lowest BCUT2D eigenvalue weighted by atomic mass is 10.3. The quantitative estimate of drug-likeness (QED) is 0.920. The number of carbonyl (C=O) groups is 1. The molecular formula is C9H7BrClN3OS2. The summed E-state index contributed by atoms with van der Waals surface area (Å²) in [6.45, 7) is 0.572. The van der Waals surface area contributed by atoms with Crippen LogP contribution < -0.4 is 5.32 Å². The first-order valence-corrected chi connectivity index (χ1v) is 7.47. The molecule has 0 spiro atoms. The predicted octanol–water partition coefficient (Wildman–Crippen LogP) is 2.99. The molecule has 2 aromatic rings. The van der Waals surface area contributed by atoms with E-state index in [4.69, 9.17) is 11.6 Å². The van der Waals surface area contributed by atoms with E-state index in [0.717, 1.165) is 21.5 Å². The molecule has 0 aliphatic heterocycles. The average molecular weight is 353 g/mol. The molecule has 0 atom stereocenters. The minimum Gasteiger partial charge on any atom is -0.350 e. The van der Waals surface area contributed by atoms with Gasteiger partial charge in [-0.05, 0) is 46.1 Å². The lowest BCUT2D eigenvalue weighted by molar-refractivity contribution is 0.0953. The largest absolute Gasteiger partial charge is 0.350 e. The van der Waals surface area contributed by atoms with Crippen LogP contribution in [0.4, 0.5) is 0 Å². The van der Waals surface area contributed by atoms with Crippen molar-refractivity contribution in [3.8, 4) is 0 Å². The monoisotopic (exact) mass is 351 g/mol. The molecule has 0 saturated carbocycles. The Morgan fingerprint density at radius 3 is 2.82 bits per heavy atom. The lowest BCUT2D eigenvalue weighted by Crippen LogP contribution is -2.25. The van der Waals surface area contributed by atoms with E-state index in [1.54, 1.807) is 11.3 Å². The van der Waals surface area contributed by atoms with Crippen molar-refractivity contribution in [3.63, 3.8) is 0 Å². The minimum atomic E-state index is -0.231. The molecule has 2 rings (SSSR count). The van der Waals surface area contributed by atoms with Crippen LogP contribution in [0.2, 0.25) is 4.47 Å². The highest BCUT2D eigenvalue weighted by atomic mass is 79.9.